The Morgan fingerprint density at radius 1 is 1.36 bits per heavy atom. The Morgan fingerprint density at radius 3 is 2.80 bits per heavy atom. The second-order valence-corrected chi connectivity index (χ2v) is 9.05. The maximum atomic E-state index is 12.2. The summed E-state index contributed by atoms with van der Waals surface area (Å²) >= 11 is 0. The molecule has 1 aliphatic carbocycles. The number of amides is 2. The van der Waals surface area contributed by atoms with Gasteiger partial charge in [-0.1, -0.05) is 43.3 Å². The number of sulfone groups is 1. The van der Waals surface area contributed by atoms with E-state index in [1.54, 1.807) is 0 Å². The zero-order chi connectivity index (χ0) is 18.2. The number of carbonyl (C=O) groups excluding carboxylic acids is 1. The van der Waals surface area contributed by atoms with Gasteiger partial charge in [-0.3, -0.25) is 5.32 Å². The Hall–Kier alpha value is -2.42. The molecule has 3 rings (SSSR count). The number of hydrogen-bond donors (Lipinski definition) is 2. The van der Waals surface area contributed by atoms with Crippen molar-refractivity contribution in [3.63, 3.8) is 0 Å². The molecule has 1 aromatic carbocycles. The van der Waals surface area contributed by atoms with Crippen molar-refractivity contribution in [2.75, 3.05) is 11.6 Å². The average molecular weight is 364 g/mol. The highest BCUT2D eigenvalue weighted by Crippen LogP contribution is 2.44. The van der Waals surface area contributed by atoms with Gasteiger partial charge in [-0.15, -0.1) is 0 Å². The minimum absolute atomic E-state index is 0.00476. The molecule has 0 radical (unpaired) electrons. The molecule has 0 aliphatic heterocycles. The molecule has 0 fully saturated rings. The Balaban J connectivity index is 1.66. The number of anilines is 1. The first-order valence-corrected chi connectivity index (χ1v) is 9.87. The summed E-state index contributed by atoms with van der Waals surface area (Å²) in [5.41, 5.74) is 2.28. The van der Waals surface area contributed by atoms with Gasteiger partial charge in [0.2, 0.25) is 0 Å². The van der Waals surface area contributed by atoms with Gasteiger partial charge in [-0.05, 0) is 23.0 Å². The highest BCUT2D eigenvalue weighted by Gasteiger charge is 2.37. The van der Waals surface area contributed by atoms with E-state index in [9.17, 15) is 13.2 Å². The van der Waals surface area contributed by atoms with E-state index in [1.807, 2.05) is 18.2 Å². The van der Waals surface area contributed by atoms with Gasteiger partial charge >= 0.3 is 12.0 Å². The van der Waals surface area contributed by atoms with Gasteiger partial charge in [0.05, 0.1) is 6.04 Å². The molecule has 1 aromatic heterocycles. The molecule has 1 unspecified atom stereocenters. The van der Waals surface area contributed by atoms with E-state index in [0.29, 0.717) is 0 Å². The number of nitrogens with one attached hydrogen (secondary N) is 2. The van der Waals surface area contributed by atoms with Gasteiger partial charge in [0.1, 0.15) is 5.75 Å². The lowest BCUT2D eigenvalue weighted by Gasteiger charge is -2.19. The topological polar surface area (TPSA) is 114 Å². The molecule has 0 saturated heterocycles. The van der Waals surface area contributed by atoms with Crippen molar-refractivity contribution in [1.29, 1.82) is 0 Å². The molecule has 1 atom stereocenters. The highest BCUT2D eigenvalue weighted by molar-refractivity contribution is 7.89. The molecule has 2 aromatic rings. The number of rotatable bonds is 4. The van der Waals surface area contributed by atoms with Gasteiger partial charge < -0.3 is 9.84 Å². The summed E-state index contributed by atoms with van der Waals surface area (Å²) in [6.07, 6.45) is 1.85. The summed E-state index contributed by atoms with van der Waals surface area (Å²) in [5.74, 6) is -0.339. The molecule has 2 N–H and O–H groups in total. The van der Waals surface area contributed by atoms with Crippen LogP contribution in [-0.2, 0) is 21.0 Å². The van der Waals surface area contributed by atoms with Crippen LogP contribution in [0.1, 0.15) is 43.3 Å². The Morgan fingerprint density at radius 2 is 2.08 bits per heavy atom. The van der Waals surface area contributed by atoms with Crippen LogP contribution in [0.2, 0.25) is 0 Å². The second-order valence-electron chi connectivity index (χ2n) is 6.91. The first-order valence-electron chi connectivity index (χ1n) is 7.81. The summed E-state index contributed by atoms with van der Waals surface area (Å²) in [4.78, 5) is 16.1. The molecular formula is C16H20N4O4S. The molecule has 1 aliphatic rings. The fourth-order valence-electron chi connectivity index (χ4n) is 3.17. The van der Waals surface area contributed by atoms with Crippen LogP contribution in [0.5, 0.6) is 0 Å². The number of hydrogen-bond acceptors (Lipinski definition) is 6. The Kier molecular flexibility index (Phi) is 4.28. The number of nitrogens with zero attached hydrogens (tertiary/aromatic N) is 2. The Bertz CT molecular complexity index is 904. The fourth-order valence-corrected chi connectivity index (χ4v) is 3.75. The molecule has 1 heterocycles. The first-order chi connectivity index (χ1) is 11.6. The highest BCUT2D eigenvalue weighted by atomic mass is 32.2. The van der Waals surface area contributed by atoms with E-state index in [1.165, 1.54) is 5.56 Å². The molecule has 0 saturated carbocycles. The predicted octanol–water partition coefficient (Wildman–Crippen LogP) is 2.16. The lowest BCUT2D eigenvalue weighted by atomic mass is 9.86. The number of carbonyl (C=O) groups is 1. The number of fused-ring (bicyclic) bond motifs is 1. The van der Waals surface area contributed by atoms with Crippen molar-refractivity contribution < 1.29 is 17.7 Å². The number of benzene rings is 1. The van der Waals surface area contributed by atoms with E-state index in [4.69, 9.17) is 4.52 Å². The van der Waals surface area contributed by atoms with Crippen molar-refractivity contribution in [3.05, 3.63) is 41.2 Å². The maximum Gasteiger partial charge on any atom is 0.329 e. The average Bonchev–Trinajstić information content (AvgIpc) is 3.00. The molecule has 0 spiro atoms. The molecule has 25 heavy (non-hydrogen) atoms. The first kappa shape index (κ1) is 17.4. The third kappa shape index (κ3) is 3.98. The molecule has 8 nitrogen and oxygen atoms in total. The standard InChI is InChI=1S/C16H20N4O4S/c1-16(2)8-12(10-6-4-5-7-11(10)16)17-14(21)19-15-18-13(20-24-15)9-25(3,22)23/h4-7,12H,8-9H2,1-3H3,(H2,17,18,19,20,21). The third-order valence-corrected chi connectivity index (χ3v) is 4.95. The molecule has 134 valence electrons. The van der Waals surface area contributed by atoms with Gasteiger partial charge in [0, 0.05) is 6.26 Å². The van der Waals surface area contributed by atoms with Crippen molar-refractivity contribution in [3.8, 4) is 0 Å². The maximum absolute atomic E-state index is 12.2. The van der Waals surface area contributed by atoms with Gasteiger partial charge in [-0.25, -0.2) is 13.2 Å². The number of urea groups is 1. The lowest BCUT2D eigenvalue weighted by molar-refractivity contribution is 0.246. The zero-order valence-electron chi connectivity index (χ0n) is 14.2. The predicted molar refractivity (Wildman–Crippen MR) is 91.8 cm³/mol. The minimum Gasteiger partial charge on any atom is -0.331 e. The third-order valence-electron chi connectivity index (χ3n) is 4.16. The monoisotopic (exact) mass is 364 g/mol. The smallest absolute Gasteiger partial charge is 0.329 e. The van der Waals surface area contributed by atoms with E-state index in [-0.39, 0.29) is 29.0 Å². The SMILES string of the molecule is CC1(C)CC(NC(=O)Nc2nc(CS(C)(=O)=O)no2)c2ccccc21. The van der Waals surface area contributed by atoms with Crippen LogP contribution in [0.15, 0.2) is 28.8 Å². The van der Waals surface area contributed by atoms with Crippen LogP contribution >= 0.6 is 0 Å². The van der Waals surface area contributed by atoms with Gasteiger partial charge in [0.25, 0.3) is 0 Å². The summed E-state index contributed by atoms with van der Waals surface area (Å²) in [7, 11) is -3.27. The lowest BCUT2D eigenvalue weighted by Crippen LogP contribution is -2.32. The molecule has 0 bridgehead atoms. The van der Waals surface area contributed by atoms with Crippen molar-refractivity contribution in [2.45, 2.75) is 37.5 Å². The normalized spacial score (nSPS) is 18.6. The van der Waals surface area contributed by atoms with E-state index in [2.05, 4.69) is 40.7 Å². The number of aromatic nitrogens is 2. The fraction of sp³-hybridized carbons (Fsp3) is 0.438. The van der Waals surface area contributed by atoms with Crippen molar-refractivity contribution in [1.82, 2.24) is 15.5 Å². The van der Waals surface area contributed by atoms with Crippen LogP contribution in [0, 0.1) is 0 Å². The van der Waals surface area contributed by atoms with Crippen molar-refractivity contribution >= 4 is 21.9 Å². The molecule has 9 heteroatoms. The van der Waals surface area contributed by atoms with Gasteiger partial charge in [-0.2, -0.15) is 4.98 Å². The van der Waals surface area contributed by atoms with Crippen LogP contribution in [0.4, 0.5) is 10.8 Å². The van der Waals surface area contributed by atoms with Crippen LogP contribution < -0.4 is 10.6 Å². The molecule has 2 amide bonds. The van der Waals surface area contributed by atoms with E-state index in [0.717, 1.165) is 18.2 Å². The van der Waals surface area contributed by atoms with Crippen LogP contribution in [0.25, 0.3) is 0 Å². The van der Waals surface area contributed by atoms with E-state index >= 15 is 0 Å². The van der Waals surface area contributed by atoms with Crippen molar-refractivity contribution in [2.24, 2.45) is 0 Å². The van der Waals surface area contributed by atoms with Gasteiger partial charge in [0.15, 0.2) is 15.7 Å². The minimum atomic E-state index is -3.27. The van der Waals surface area contributed by atoms with Crippen LogP contribution in [-0.4, -0.2) is 30.8 Å². The summed E-state index contributed by atoms with van der Waals surface area (Å²) in [6, 6.07) is 7.28. The van der Waals surface area contributed by atoms with E-state index < -0.39 is 15.9 Å². The Labute approximate surface area is 145 Å². The summed E-state index contributed by atoms with van der Waals surface area (Å²) < 4.78 is 27.3. The molecular weight excluding hydrogens is 344 g/mol. The summed E-state index contributed by atoms with van der Waals surface area (Å²) in [5, 5.41) is 8.89. The van der Waals surface area contributed by atoms with Crippen LogP contribution in [0.3, 0.4) is 0 Å². The zero-order valence-corrected chi connectivity index (χ0v) is 15.1. The summed E-state index contributed by atoms with van der Waals surface area (Å²) in [6.45, 7) is 4.28. The largest absolute Gasteiger partial charge is 0.331 e. The quantitative estimate of drug-likeness (QED) is 0.859. The second kappa shape index (κ2) is 6.14.